The van der Waals surface area contributed by atoms with Crippen molar-refractivity contribution in [3.8, 4) is 0 Å². The van der Waals surface area contributed by atoms with E-state index in [-0.39, 0.29) is 5.91 Å². The normalized spacial score (nSPS) is 25.2. The number of hydrogen-bond donors (Lipinski definition) is 2. The second-order valence-corrected chi connectivity index (χ2v) is 5.54. The minimum atomic E-state index is 0.177. The molecule has 1 heterocycles. The molecule has 1 amide bonds. The van der Waals surface area contributed by atoms with E-state index in [1.807, 2.05) is 0 Å². The molecule has 0 radical (unpaired) electrons. The molecule has 4 heteroatoms. The van der Waals surface area contributed by atoms with Crippen LogP contribution in [-0.2, 0) is 9.53 Å². The van der Waals surface area contributed by atoms with Crippen LogP contribution in [0.4, 0.5) is 0 Å². The van der Waals surface area contributed by atoms with Crippen molar-refractivity contribution in [2.24, 2.45) is 5.92 Å². The summed E-state index contributed by atoms with van der Waals surface area (Å²) < 4.78 is 5.78. The second kappa shape index (κ2) is 7.74. The fraction of sp³-hybridized carbons (Fsp3) is 0.929. The zero-order chi connectivity index (χ0) is 12.6. The number of carbonyl (C=O) groups is 1. The lowest BCUT2D eigenvalue weighted by Gasteiger charge is -2.22. The maximum Gasteiger partial charge on any atom is 0.220 e. The third-order valence-corrected chi connectivity index (χ3v) is 3.97. The molecule has 104 valence electrons. The molecule has 0 aromatic rings. The maximum absolute atomic E-state index is 11.7. The van der Waals surface area contributed by atoms with Gasteiger partial charge in [-0.15, -0.1) is 0 Å². The van der Waals surface area contributed by atoms with Crippen LogP contribution in [0.1, 0.15) is 44.9 Å². The summed E-state index contributed by atoms with van der Waals surface area (Å²) in [7, 11) is 0. The second-order valence-electron chi connectivity index (χ2n) is 5.54. The Labute approximate surface area is 110 Å². The van der Waals surface area contributed by atoms with Crippen molar-refractivity contribution in [2.75, 3.05) is 26.2 Å². The van der Waals surface area contributed by atoms with Gasteiger partial charge in [0.2, 0.25) is 5.91 Å². The van der Waals surface area contributed by atoms with Gasteiger partial charge in [-0.05, 0) is 38.3 Å². The Balaban J connectivity index is 1.47. The first-order chi connectivity index (χ1) is 8.84. The number of hydrogen-bond acceptors (Lipinski definition) is 3. The summed E-state index contributed by atoms with van der Waals surface area (Å²) in [5.41, 5.74) is 0. The van der Waals surface area contributed by atoms with E-state index >= 15 is 0 Å². The number of amides is 1. The summed E-state index contributed by atoms with van der Waals surface area (Å²) in [4.78, 5) is 11.7. The summed E-state index contributed by atoms with van der Waals surface area (Å²) in [6.45, 7) is 3.38. The van der Waals surface area contributed by atoms with Crippen molar-refractivity contribution in [3.05, 3.63) is 0 Å². The van der Waals surface area contributed by atoms with Gasteiger partial charge in [-0.25, -0.2) is 0 Å². The van der Waals surface area contributed by atoms with Gasteiger partial charge >= 0.3 is 0 Å². The lowest BCUT2D eigenvalue weighted by atomic mass is 9.98. The van der Waals surface area contributed by atoms with Crippen LogP contribution in [-0.4, -0.2) is 38.3 Å². The highest BCUT2D eigenvalue weighted by Gasteiger charge is 2.18. The predicted molar refractivity (Wildman–Crippen MR) is 71.4 cm³/mol. The summed E-state index contributed by atoms with van der Waals surface area (Å²) in [5, 5.41) is 6.24. The van der Waals surface area contributed by atoms with Crippen molar-refractivity contribution in [1.29, 1.82) is 0 Å². The van der Waals surface area contributed by atoms with E-state index in [1.54, 1.807) is 0 Å². The first-order valence-corrected chi connectivity index (χ1v) is 7.43. The Morgan fingerprint density at radius 1 is 1.22 bits per heavy atom. The van der Waals surface area contributed by atoms with Gasteiger partial charge in [0, 0.05) is 13.0 Å². The fourth-order valence-corrected chi connectivity index (χ4v) is 2.87. The van der Waals surface area contributed by atoms with Crippen LogP contribution in [0.25, 0.3) is 0 Å². The van der Waals surface area contributed by atoms with Crippen molar-refractivity contribution in [2.45, 2.75) is 51.0 Å². The standard InChI is InChI=1S/C14H26N2O2/c17-14(10-12-6-7-15-11-12)16-8-9-18-13-4-2-1-3-5-13/h12-13,15H,1-11H2,(H,16,17). The molecule has 0 aromatic carbocycles. The van der Waals surface area contributed by atoms with E-state index in [2.05, 4.69) is 10.6 Å². The zero-order valence-corrected chi connectivity index (χ0v) is 11.2. The highest BCUT2D eigenvalue weighted by molar-refractivity contribution is 5.76. The molecular weight excluding hydrogens is 228 g/mol. The van der Waals surface area contributed by atoms with Crippen molar-refractivity contribution >= 4 is 5.91 Å². The van der Waals surface area contributed by atoms with Gasteiger partial charge in [0.1, 0.15) is 0 Å². The molecule has 0 aromatic heterocycles. The highest BCUT2D eigenvalue weighted by atomic mass is 16.5. The smallest absolute Gasteiger partial charge is 0.220 e. The summed E-state index contributed by atoms with van der Waals surface area (Å²) in [6, 6.07) is 0. The summed E-state index contributed by atoms with van der Waals surface area (Å²) >= 11 is 0. The summed E-state index contributed by atoms with van der Waals surface area (Å²) in [6.07, 6.45) is 8.57. The summed E-state index contributed by atoms with van der Waals surface area (Å²) in [5.74, 6) is 0.709. The molecule has 1 aliphatic carbocycles. The molecule has 2 N–H and O–H groups in total. The monoisotopic (exact) mass is 254 g/mol. The quantitative estimate of drug-likeness (QED) is 0.705. The van der Waals surface area contributed by atoms with Crippen molar-refractivity contribution in [1.82, 2.24) is 10.6 Å². The lowest BCUT2D eigenvalue weighted by molar-refractivity contribution is -0.122. The van der Waals surface area contributed by atoms with Gasteiger partial charge in [-0.1, -0.05) is 19.3 Å². The van der Waals surface area contributed by atoms with Crippen LogP contribution in [0, 0.1) is 5.92 Å². The fourth-order valence-electron chi connectivity index (χ4n) is 2.87. The minimum Gasteiger partial charge on any atom is -0.376 e. The van der Waals surface area contributed by atoms with E-state index in [0.29, 0.717) is 31.6 Å². The van der Waals surface area contributed by atoms with Crippen molar-refractivity contribution < 1.29 is 9.53 Å². The van der Waals surface area contributed by atoms with Crippen LogP contribution in [0.15, 0.2) is 0 Å². The Bertz CT molecular complexity index is 246. The van der Waals surface area contributed by atoms with Gasteiger partial charge in [0.05, 0.1) is 12.7 Å². The van der Waals surface area contributed by atoms with Crippen LogP contribution >= 0.6 is 0 Å². The molecule has 2 rings (SSSR count). The first kappa shape index (κ1) is 13.8. The Kier molecular flexibility index (Phi) is 5.94. The van der Waals surface area contributed by atoms with Crippen LogP contribution in [0.5, 0.6) is 0 Å². The van der Waals surface area contributed by atoms with E-state index in [4.69, 9.17) is 4.74 Å². The van der Waals surface area contributed by atoms with Crippen LogP contribution in [0.3, 0.4) is 0 Å². The predicted octanol–water partition coefficient (Wildman–Crippen LogP) is 1.45. The Morgan fingerprint density at radius 3 is 2.78 bits per heavy atom. The molecule has 2 aliphatic rings. The maximum atomic E-state index is 11.7. The molecule has 1 unspecified atom stereocenters. The van der Waals surface area contributed by atoms with E-state index in [0.717, 1.165) is 19.5 Å². The largest absolute Gasteiger partial charge is 0.376 e. The van der Waals surface area contributed by atoms with E-state index in [1.165, 1.54) is 32.1 Å². The molecule has 18 heavy (non-hydrogen) atoms. The average Bonchev–Trinajstić information content (AvgIpc) is 2.89. The molecule has 1 saturated heterocycles. The van der Waals surface area contributed by atoms with Crippen molar-refractivity contribution in [3.63, 3.8) is 0 Å². The molecular formula is C14H26N2O2. The average molecular weight is 254 g/mol. The molecule has 0 spiro atoms. The topological polar surface area (TPSA) is 50.4 Å². The van der Waals surface area contributed by atoms with E-state index < -0.39 is 0 Å². The molecule has 4 nitrogen and oxygen atoms in total. The third kappa shape index (κ3) is 4.94. The van der Waals surface area contributed by atoms with Gasteiger partial charge in [-0.3, -0.25) is 4.79 Å². The molecule has 1 atom stereocenters. The molecule has 1 aliphatic heterocycles. The van der Waals surface area contributed by atoms with Gasteiger partial charge in [0.25, 0.3) is 0 Å². The van der Waals surface area contributed by atoms with Crippen LogP contribution < -0.4 is 10.6 Å². The molecule has 2 fully saturated rings. The third-order valence-electron chi connectivity index (χ3n) is 3.97. The number of carbonyl (C=O) groups excluding carboxylic acids is 1. The Hall–Kier alpha value is -0.610. The number of rotatable bonds is 6. The van der Waals surface area contributed by atoms with E-state index in [9.17, 15) is 4.79 Å². The van der Waals surface area contributed by atoms with Crippen LogP contribution in [0.2, 0.25) is 0 Å². The number of ether oxygens (including phenoxy) is 1. The Morgan fingerprint density at radius 2 is 2.06 bits per heavy atom. The van der Waals surface area contributed by atoms with Gasteiger partial charge < -0.3 is 15.4 Å². The highest BCUT2D eigenvalue weighted by Crippen LogP contribution is 2.19. The van der Waals surface area contributed by atoms with Gasteiger partial charge in [-0.2, -0.15) is 0 Å². The van der Waals surface area contributed by atoms with Gasteiger partial charge in [0.15, 0.2) is 0 Å². The zero-order valence-electron chi connectivity index (χ0n) is 11.2. The molecule has 0 bridgehead atoms. The molecule has 1 saturated carbocycles. The first-order valence-electron chi connectivity index (χ1n) is 7.43. The minimum absolute atomic E-state index is 0.177. The number of nitrogens with one attached hydrogen (secondary N) is 2. The lowest BCUT2D eigenvalue weighted by Crippen LogP contribution is -2.30. The SMILES string of the molecule is O=C(CC1CCNC1)NCCOC1CCCCC1.